The molecule has 0 aromatic carbocycles. The molecule has 1 amide bonds. The molecule has 1 rings (SSSR count). The van der Waals surface area contributed by atoms with Gasteiger partial charge in [0.1, 0.15) is 0 Å². The molecule has 0 spiro atoms. The maximum Gasteiger partial charge on any atom is 0.409 e. The Morgan fingerprint density at radius 3 is 2.11 bits per heavy atom. The van der Waals surface area contributed by atoms with Crippen molar-refractivity contribution in [2.45, 2.75) is 52.9 Å². The van der Waals surface area contributed by atoms with Gasteiger partial charge < -0.3 is 24.6 Å². The van der Waals surface area contributed by atoms with Crippen LogP contribution in [0.5, 0.6) is 0 Å². The van der Waals surface area contributed by atoms with E-state index >= 15 is 0 Å². The van der Waals surface area contributed by atoms with Crippen molar-refractivity contribution in [3.8, 4) is 0 Å². The number of ether oxygens (including phenoxy) is 2. The second-order valence-corrected chi connectivity index (χ2v) is 6.38. The molecule has 0 aliphatic carbocycles. The van der Waals surface area contributed by atoms with Crippen molar-refractivity contribution in [2.24, 2.45) is 4.99 Å². The molecule has 1 N–H and O–H groups in total. The zero-order chi connectivity index (χ0) is 19.9. The lowest BCUT2D eigenvalue weighted by Crippen LogP contribution is -2.53. The topological polar surface area (TPSA) is 83.5 Å². The molecular formula is C19H37IN4O4. The number of halogens is 1. The number of piperazine rings is 1. The van der Waals surface area contributed by atoms with E-state index in [1.165, 1.54) is 0 Å². The standard InChI is InChI=1S/C19H36N4O4.HI/c1-4-20-18(21-12-10-8-7-9-11-17(24)26-5-2)22-13-15-23(16-14-22)19(25)27-6-3;/h4-16H2,1-3H3,(H,20,21);1H. The molecular weight excluding hydrogens is 475 g/mol. The SMILES string of the molecule is CCNC(=NCCCCCCC(=O)OCC)N1CCN(C(=O)OCC)CC1.I. The molecule has 1 fully saturated rings. The first-order valence-electron chi connectivity index (χ1n) is 10.2. The fourth-order valence-electron chi connectivity index (χ4n) is 2.89. The largest absolute Gasteiger partial charge is 0.466 e. The van der Waals surface area contributed by atoms with Crippen LogP contribution < -0.4 is 5.32 Å². The predicted molar refractivity (Wildman–Crippen MR) is 121 cm³/mol. The van der Waals surface area contributed by atoms with Gasteiger partial charge in [0.25, 0.3) is 0 Å². The average Bonchev–Trinajstić information content (AvgIpc) is 2.67. The van der Waals surface area contributed by atoms with Crippen LogP contribution in [0.1, 0.15) is 52.9 Å². The van der Waals surface area contributed by atoms with Crippen LogP contribution in [0.2, 0.25) is 0 Å². The number of amides is 1. The van der Waals surface area contributed by atoms with Gasteiger partial charge >= 0.3 is 12.1 Å². The summed E-state index contributed by atoms with van der Waals surface area (Å²) in [6.45, 7) is 11.0. The van der Waals surface area contributed by atoms with Crippen LogP contribution in [0.3, 0.4) is 0 Å². The van der Waals surface area contributed by atoms with Gasteiger partial charge in [0.15, 0.2) is 5.96 Å². The van der Waals surface area contributed by atoms with Crippen LogP contribution in [0.15, 0.2) is 4.99 Å². The normalized spacial score (nSPS) is 14.3. The third-order valence-corrected chi connectivity index (χ3v) is 4.30. The summed E-state index contributed by atoms with van der Waals surface area (Å²) >= 11 is 0. The average molecular weight is 512 g/mol. The van der Waals surface area contributed by atoms with E-state index in [2.05, 4.69) is 17.1 Å². The lowest BCUT2D eigenvalue weighted by atomic mass is 10.1. The first-order chi connectivity index (χ1) is 13.1. The molecule has 8 nitrogen and oxygen atoms in total. The number of carbonyl (C=O) groups is 2. The number of nitrogens with zero attached hydrogens (tertiary/aromatic N) is 3. The lowest BCUT2D eigenvalue weighted by molar-refractivity contribution is -0.143. The Kier molecular flexibility index (Phi) is 15.9. The minimum Gasteiger partial charge on any atom is -0.466 e. The van der Waals surface area contributed by atoms with Crippen molar-refractivity contribution in [3.05, 3.63) is 0 Å². The molecule has 1 saturated heterocycles. The van der Waals surface area contributed by atoms with Crippen molar-refractivity contribution in [3.63, 3.8) is 0 Å². The molecule has 1 aliphatic heterocycles. The van der Waals surface area contributed by atoms with E-state index in [0.29, 0.717) is 32.7 Å². The lowest BCUT2D eigenvalue weighted by Gasteiger charge is -2.35. The molecule has 1 heterocycles. The van der Waals surface area contributed by atoms with E-state index < -0.39 is 0 Å². The highest BCUT2D eigenvalue weighted by Crippen LogP contribution is 2.07. The Hall–Kier alpha value is -1.26. The van der Waals surface area contributed by atoms with Crippen LogP contribution >= 0.6 is 24.0 Å². The Balaban J connectivity index is 0.00000729. The van der Waals surface area contributed by atoms with Gasteiger partial charge in [-0.05, 0) is 33.6 Å². The maximum absolute atomic E-state index is 11.8. The van der Waals surface area contributed by atoms with Gasteiger partial charge in [-0.25, -0.2) is 4.79 Å². The molecule has 1 aliphatic rings. The highest BCUT2D eigenvalue weighted by atomic mass is 127. The predicted octanol–water partition coefficient (Wildman–Crippen LogP) is 2.86. The van der Waals surface area contributed by atoms with Crippen LogP contribution in [0.4, 0.5) is 4.79 Å². The molecule has 9 heteroatoms. The number of hydrogen-bond donors (Lipinski definition) is 1. The molecule has 28 heavy (non-hydrogen) atoms. The number of hydrogen-bond acceptors (Lipinski definition) is 5. The van der Waals surface area contributed by atoms with Crippen LogP contribution in [-0.2, 0) is 14.3 Å². The van der Waals surface area contributed by atoms with E-state index in [9.17, 15) is 9.59 Å². The summed E-state index contributed by atoms with van der Waals surface area (Å²) in [5.74, 6) is 0.805. The highest BCUT2D eigenvalue weighted by molar-refractivity contribution is 14.0. The Morgan fingerprint density at radius 1 is 0.893 bits per heavy atom. The van der Waals surface area contributed by atoms with Crippen LogP contribution in [0.25, 0.3) is 0 Å². The third-order valence-electron chi connectivity index (χ3n) is 4.30. The second-order valence-electron chi connectivity index (χ2n) is 6.38. The van der Waals surface area contributed by atoms with E-state index in [4.69, 9.17) is 14.5 Å². The summed E-state index contributed by atoms with van der Waals surface area (Å²) in [4.78, 5) is 31.7. The van der Waals surface area contributed by atoms with Crippen molar-refractivity contribution >= 4 is 42.0 Å². The van der Waals surface area contributed by atoms with Crippen molar-refractivity contribution < 1.29 is 19.1 Å². The van der Waals surface area contributed by atoms with Gasteiger partial charge in [0.05, 0.1) is 13.2 Å². The minimum absolute atomic E-state index is 0. The molecule has 0 bridgehead atoms. The van der Waals surface area contributed by atoms with Gasteiger partial charge in [-0.2, -0.15) is 0 Å². The second kappa shape index (κ2) is 16.7. The van der Waals surface area contributed by atoms with Gasteiger partial charge in [0, 0.05) is 45.7 Å². The monoisotopic (exact) mass is 512 g/mol. The van der Waals surface area contributed by atoms with Crippen molar-refractivity contribution in [2.75, 3.05) is 52.5 Å². The summed E-state index contributed by atoms with van der Waals surface area (Å²) in [6, 6.07) is 0. The number of unbranched alkanes of at least 4 members (excludes halogenated alkanes) is 3. The van der Waals surface area contributed by atoms with E-state index in [1.54, 1.807) is 4.90 Å². The van der Waals surface area contributed by atoms with Crippen molar-refractivity contribution in [1.29, 1.82) is 0 Å². The summed E-state index contributed by atoms with van der Waals surface area (Å²) in [5.41, 5.74) is 0. The van der Waals surface area contributed by atoms with Gasteiger partial charge in [-0.1, -0.05) is 12.8 Å². The van der Waals surface area contributed by atoms with Gasteiger partial charge in [-0.15, -0.1) is 24.0 Å². The molecule has 0 unspecified atom stereocenters. The number of rotatable bonds is 10. The summed E-state index contributed by atoms with van der Waals surface area (Å²) < 4.78 is 9.98. The smallest absolute Gasteiger partial charge is 0.409 e. The fraction of sp³-hybridized carbons (Fsp3) is 0.842. The zero-order valence-corrected chi connectivity index (χ0v) is 19.9. The number of guanidine groups is 1. The fourth-order valence-corrected chi connectivity index (χ4v) is 2.89. The molecule has 0 radical (unpaired) electrons. The maximum atomic E-state index is 11.8. The Bertz CT molecular complexity index is 469. The van der Waals surface area contributed by atoms with E-state index in [0.717, 1.165) is 57.8 Å². The quantitative estimate of drug-likeness (QED) is 0.159. The summed E-state index contributed by atoms with van der Waals surface area (Å²) in [6.07, 6.45) is 4.22. The molecule has 0 atom stereocenters. The summed E-state index contributed by atoms with van der Waals surface area (Å²) in [7, 11) is 0. The molecule has 0 aromatic rings. The minimum atomic E-state index is -0.234. The van der Waals surface area contributed by atoms with Gasteiger partial charge in [-0.3, -0.25) is 9.79 Å². The van der Waals surface area contributed by atoms with Crippen LogP contribution in [0, 0.1) is 0 Å². The van der Waals surface area contributed by atoms with Gasteiger partial charge in [0.2, 0.25) is 0 Å². The number of nitrogens with one attached hydrogen (secondary N) is 1. The third kappa shape index (κ3) is 10.9. The molecule has 0 aromatic heterocycles. The Morgan fingerprint density at radius 2 is 1.50 bits per heavy atom. The highest BCUT2D eigenvalue weighted by Gasteiger charge is 2.23. The van der Waals surface area contributed by atoms with Crippen molar-refractivity contribution in [1.82, 2.24) is 15.1 Å². The zero-order valence-electron chi connectivity index (χ0n) is 17.6. The number of carbonyl (C=O) groups excluding carboxylic acids is 2. The van der Waals surface area contributed by atoms with E-state index in [-0.39, 0.29) is 36.0 Å². The first kappa shape index (κ1) is 26.7. The van der Waals surface area contributed by atoms with E-state index in [1.807, 2.05) is 13.8 Å². The number of aliphatic imine (C=N–C) groups is 1. The molecule has 0 saturated carbocycles. The van der Waals surface area contributed by atoms with Crippen LogP contribution in [-0.4, -0.2) is 80.3 Å². The summed E-state index contributed by atoms with van der Waals surface area (Å²) in [5, 5.41) is 3.33. The Labute approximate surface area is 186 Å². The first-order valence-corrected chi connectivity index (χ1v) is 10.2. The molecule has 164 valence electrons. The number of esters is 1.